The lowest BCUT2D eigenvalue weighted by molar-refractivity contribution is 0.322. The maximum absolute atomic E-state index is 12.3. The van der Waals surface area contributed by atoms with Crippen molar-refractivity contribution in [3.05, 3.63) is 17.3 Å². The number of aromatic nitrogens is 1. The van der Waals surface area contributed by atoms with E-state index in [1.54, 1.807) is 0 Å². The van der Waals surface area contributed by atoms with Crippen molar-refractivity contribution in [2.75, 3.05) is 18.8 Å². The molecule has 0 radical (unpaired) electrons. The molecule has 1 saturated heterocycles. The molecule has 2 aliphatic rings. The van der Waals surface area contributed by atoms with Crippen LogP contribution in [0.2, 0.25) is 5.02 Å². The van der Waals surface area contributed by atoms with Crippen molar-refractivity contribution in [2.45, 2.75) is 36.2 Å². The first-order valence-electron chi connectivity index (χ1n) is 6.63. The second-order valence-electron chi connectivity index (χ2n) is 5.37. The zero-order chi connectivity index (χ0) is 14.3. The fraction of sp³-hybridized carbons (Fsp3) is 0.583. The van der Waals surface area contributed by atoms with Gasteiger partial charge >= 0.3 is 0 Å². The van der Waals surface area contributed by atoms with Crippen LogP contribution in [0.1, 0.15) is 19.3 Å². The molecule has 20 heavy (non-hydrogen) atoms. The van der Waals surface area contributed by atoms with E-state index in [1.165, 1.54) is 25.1 Å². The molecule has 1 aliphatic carbocycles. The standard InChI is InChI=1S/C12H17ClN4O2S/c13-11-5-10(6-15-12(11)14)20(18,19)16-8-3-4-17(7-8)9-1-2-9/h5-6,8-9,16H,1-4,7H2,(H2,14,15). The molecule has 110 valence electrons. The average molecular weight is 317 g/mol. The average Bonchev–Trinajstić information content (AvgIpc) is 3.14. The van der Waals surface area contributed by atoms with Crippen LogP contribution in [-0.2, 0) is 10.0 Å². The molecule has 8 heteroatoms. The molecule has 3 N–H and O–H groups in total. The van der Waals surface area contributed by atoms with Crippen molar-refractivity contribution in [1.82, 2.24) is 14.6 Å². The Balaban J connectivity index is 1.70. The minimum Gasteiger partial charge on any atom is -0.382 e. The van der Waals surface area contributed by atoms with Crippen molar-refractivity contribution >= 4 is 27.4 Å². The molecule has 1 aromatic rings. The quantitative estimate of drug-likeness (QED) is 0.859. The van der Waals surface area contributed by atoms with Gasteiger partial charge in [0.1, 0.15) is 10.7 Å². The van der Waals surface area contributed by atoms with Gasteiger partial charge in [0.15, 0.2) is 0 Å². The van der Waals surface area contributed by atoms with Crippen molar-refractivity contribution in [2.24, 2.45) is 0 Å². The Morgan fingerprint density at radius 2 is 2.15 bits per heavy atom. The van der Waals surface area contributed by atoms with Crippen molar-refractivity contribution in [3.63, 3.8) is 0 Å². The summed E-state index contributed by atoms with van der Waals surface area (Å²) in [5.74, 6) is 0.131. The molecular weight excluding hydrogens is 300 g/mol. The van der Waals surface area contributed by atoms with Gasteiger partial charge in [-0.1, -0.05) is 11.6 Å². The molecule has 0 aromatic carbocycles. The van der Waals surface area contributed by atoms with Gasteiger partial charge in [-0.15, -0.1) is 0 Å². The first kappa shape index (κ1) is 14.1. The number of nitrogens with one attached hydrogen (secondary N) is 1. The number of hydrogen-bond acceptors (Lipinski definition) is 5. The summed E-state index contributed by atoms with van der Waals surface area (Å²) in [6.07, 6.45) is 4.54. The molecule has 2 fully saturated rings. The second-order valence-corrected chi connectivity index (χ2v) is 7.49. The fourth-order valence-corrected chi connectivity index (χ4v) is 3.98. The van der Waals surface area contributed by atoms with E-state index in [-0.39, 0.29) is 21.8 Å². The Kier molecular flexibility index (Phi) is 3.62. The van der Waals surface area contributed by atoms with Gasteiger partial charge in [-0.2, -0.15) is 0 Å². The number of anilines is 1. The zero-order valence-electron chi connectivity index (χ0n) is 10.9. The summed E-state index contributed by atoms with van der Waals surface area (Å²) in [6, 6.07) is 1.95. The number of hydrogen-bond donors (Lipinski definition) is 2. The Morgan fingerprint density at radius 1 is 1.40 bits per heavy atom. The van der Waals surface area contributed by atoms with E-state index in [4.69, 9.17) is 17.3 Å². The lowest BCUT2D eigenvalue weighted by atomic mass is 10.3. The number of likely N-dealkylation sites (tertiary alicyclic amines) is 1. The van der Waals surface area contributed by atoms with Crippen LogP contribution in [0.15, 0.2) is 17.2 Å². The molecule has 0 spiro atoms. The van der Waals surface area contributed by atoms with Crippen LogP contribution in [0.4, 0.5) is 5.82 Å². The maximum atomic E-state index is 12.3. The number of nitrogens with two attached hydrogens (primary N) is 1. The molecule has 0 amide bonds. The summed E-state index contributed by atoms with van der Waals surface area (Å²) in [5, 5.41) is 0.152. The normalized spacial score (nSPS) is 24.1. The summed E-state index contributed by atoms with van der Waals surface area (Å²) in [6.45, 7) is 1.73. The van der Waals surface area contributed by atoms with E-state index >= 15 is 0 Å². The topological polar surface area (TPSA) is 88.3 Å². The second kappa shape index (κ2) is 5.14. The van der Waals surface area contributed by atoms with E-state index in [2.05, 4.69) is 14.6 Å². The lowest BCUT2D eigenvalue weighted by Crippen LogP contribution is -2.37. The molecule has 1 atom stereocenters. The smallest absolute Gasteiger partial charge is 0.242 e. The van der Waals surface area contributed by atoms with Crippen LogP contribution < -0.4 is 10.5 Å². The van der Waals surface area contributed by atoms with Gasteiger partial charge in [-0.25, -0.2) is 18.1 Å². The van der Waals surface area contributed by atoms with Crippen molar-refractivity contribution < 1.29 is 8.42 Å². The van der Waals surface area contributed by atoms with Crippen LogP contribution in [-0.4, -0.2) is 43.5 Å². The Bertz CT molecular complexity index is 618. The Hall–Kier alpha value is -0.890. The van der Waals surface area contributed by atoms with Gasteiger partial charge in [-0.3, -0.25) is 4.90 Å². The van der Waals surface area contributed by atoms with Crippen LogP contribution in [0, 0.1) is 0 Å². The molecular formula is C12H17ClN4O2S. The number of nitrogen functional groups attached to an aromatic ring is 1. The van der Waals surface area contributed by atoms with Crippen molar-refractivity contribution in [1.29, 1.82) is 0 Å². The Morgan fingerprint density at radius 3 is 2.80 bits per heavy atom. The molecule has 1 unspecified atom stereocenters. The van der Waals surface area contributed by atoms with E-state index in [9.17, 15) is 8.42 Å². The van der Waals surface area contributed by atoms with Gasteiger partial charge < -0.3 is 5.73 Å². The highest BCUT2D eigenvalue weighted by Crippen LogP contribution is 2.30. The number of pyridine rings is 1. The summed E-state index contributed by atoms with van der Waals surface area (Å²) >= 11 is 5.82. The van der Waals surface area contributed by atoms with Gasteiger partial charge in [0.05, 0.1) is 5.02 Å². The molecule has 0 bridgehead atoms. The number of rotatable bonds is 4. The predicted molar refractivity (Wildman–Crippen MR) is 77.0 cm³/mol. The SMILES string of the molecule is Nc1ncc(S(=O)(=O)NC2CCN(C3CC3)C2)cc1Cl. The van der Waals surface area contributed by atoms with Gasteiger partial charge in [-0.05, 0) is 25.3 Å². The molecule has 1 aromatic heterocycles. The van der Waals surface area contributed by atoms with Crippen LogP contribution in [0.25, 0.3) is 0 Å². The van der Waals surface area contributed by atoms with Gasteiger partial charge in [0, 0.05) is 31.4 Å². The fourth-order valence-electron chi connectivity index (χ4n) is 2.52. The minimum atomic E-state index is -3.59. The third-order valence-electron chi connectivity index (χ3n) is 3.76. The monoisotopic (exact) mass is 316 g/mol. The van der Waals surface area contributed by atoms with Crippen molar-refractivity contribution in [3.8, 4) is 0 Å². The highest BCUT2D eigenvalue weighted by atomic mass is 35.5. The van der Waals surface area contributed by atoms with E-state index < -0.39 is 10.0 Å². The number of halogens is 1. The van der Waals surface area contributed by atoms with Crippen LogP contribution in [0.3, 0.4) is 0 Å². The third kappa shape index (κ3) is 2.90. The van der Waals surface area contributed by atoms with Crippen LogP contribution in [0.5, 0.6) is 0 Å². The summed E-state index contributed by atoms with van der Waals surface area (Å²) < 4.78 is 27.3. The Labute approximate surface area is 123 Å². The number of nitrogens with zero attached hydrogens (tertiary/aromatic N) is 2. The van der Waals surface area contributed by atoms with E-state index in [0.29, 0.717) is 6.04 Å². The zero-order valence-corrected chi connectivity index (χ0v) is 12.5. The number of sulfonamides is 1. The molecule has 1 aliphatic heterocycles. The largest absolute Gasteiger partial charge is 0.382 e. The maximum Gasteiger partial charge on any atom is 0.242 e. The molecule has 3 rings (SSSR count). The minimum absolute atomic E-state index is 0.0445. The third-order valence-corrected chi connectivity index (χ3v) is 5.55. The molecule has 2 heterocycles. The summed E-state index contributed by atoms with van der Waals surface area (Å²) in [4.78, 5) is 6.19. The summed E-state index contributed by atoms with van der Waals surface area (Å²) in [7, 11) is -3.59. The molecule has 6 nitrogen and oxygen atoms in total. The first-order chi connectivity index (χ1) is 9.45. The predicted octanol–water partition coefficient (Wildman–Crippen LogP) is 0.832. The molecule has 1 saturated carbocycles. The van der Waals surface area contributed by atoms with Gasteiger partial charge in [0.2, 0.25) is 10.0 Å². The van der Waals surface area contributed by atoms with Gasteiger partial charge in [0.25, 0.3) is 0 Å². The highest BCUT2D eigenvalue weighted by Gasteiger charge is 2.35. The lowest BCUT2D eigenvalue weighted by Gasteiger charge is -2.16. The van der Waals surface area contributed by atoms with E-state index in [1.807, 2.05) is 0 Å². The first-order valence-corrected chi connectivity index (χ1v) is 8.49. The summed E-state index contributed by atoms with van der Waals surface area (Å²) in [5.41, 5.74) is 5.49. The van der Waals surface area contributed by atoms with E-state index in [0.717, 1.165) is 19.5 Å². The highest BCUT2D eigenvalue weighted by molar-refractivity contribution is 7.89. The van der Waals surface area contributed by atoms with Crippen LogP contribution >= 0.6 is 11.6 Å².